The molecule has 4 aromatic rings. The first kappa shape index (κ1) is 32.3. The van der Waals surface area contributed by atoms with E-state index in [2.05, 4.69) is 31.0 Å². The van der Waals surface area contributed by atoms with Crippen LogP contribution in [0.3, 0.4) is 0 Å². The highest BCUT2D eigenvalue weighted by atomic mass is 32.2. The Morgan fingerprint density at radius 1 is 0.651 bits per heavy atom. The molecule has 0 unspecified atom stereocenters. The molecule has 0 radical (unpaired) electrons. The summed E-state index contributed by atoms with van der Waals surface area (Å²) in [5.41, 5.74) is 4.25. The van der Waals surface area contributed by atoms with E-state index in [1.54, 1.807) is 0 Å². The van der Waals surface area contributed by atoms with Gasteiger partial charge in [0, 0.05) is 11.4 Å². The van der Waals surface area contributed by atoms with Crippen LogP contribution in [0.4, 0.5) is 48.0 Å². The molecule has 0 aliphatic rings. The van der Waals surface area contributed by atoms with Crippen molar-refractivity contribution in [1.29, 1.82) is 0 Å². The Labute approximate surface area is 255 Å². The maximum atomic E-state index is 14.5. The van der Waals surface area contributed by atoms with Crippen LogP contribution in [0.25, 0.3) is 0 Å². The summed E-state index contributed by atoms with van der Waals surface area (Å²) in [6.07, 6.45) is -11.6. The number of halogens is 6. The lowest BCUT2D eigenvalue weighted by molar-refractivity contribution is -0.288. The van der Waals surface area contributed by atoms with Gasteiger partial charge >= 0.3 is 12.4 Å². The summed E-state index contributed by atoms with van der Waals surface area (Å²) in [7, 11) is 0. The van der Waals surface area contributed by atoms with Crippen LogP contribution >= 0.6 is 46.2 Å². The van der Waals surface area contributed by atoms with Crippen LogP contribution in [0, 0.1) is 0 Å². The monoisotopic (exact) mass is 680 g/mol. The third-order valence-corrected chi connectivity index (χ3v) is 9.32. The molecule has 2 amide bonds. The zero-order valence-corrected chi connectivity index (χ0v) is 24.5. The molecule has 2 aromatic carbocycles. The highest BCUT2D eigenvalue weighted by Gasteiger charge is 2.72. The van der Waals surface area contributed by atoms with Crippen molar-refractivity contribution >= 4 is 79.6 Å². The number of aromatic nitrogens is 4. The van der Waals surface area contributed by atoms with E-state index in [1.807, 2.05) is 0 Å². The lowest BCUT2D eigenvalue weighted by atomic mass is 9.73. The molecule has 0 aliphatic carbocycles. The number of alkyl halides is 6. The van der Waals surface area contributed by atoms with Crippen molar-refractivity contribution in [3.05, 3.63) is 59.7 Å². The largest absolute Gasteiger partial charge is 0.411 e. The predicted molar refractivity (Wildman–Crippen MR) is 153 cm³/mol. The number of amides is 2. The molecular weight excluding hydrogens is 663 g/mol. The van der Waals surface area contributed by atoms with E-state index in [0.717, 1.165) is 70.5 Å². The summed E-state index contributed by atoms with van der Waals surface area (Å²) in [5.74, 6) is -1.45. The number of hydrogen-bond donors (Lipinski definition) is 4. The number of carbonyl (C=O) groups excluding carboxylic acids is 2. The maximum Gasteiger partial charge on any atom is 0.411 e. The van der Waals surface area contributed by atoms with Gasteiger partial charge in [-0.3, -0.25) is 9.59 Å². The van der Waals surface area contributed by atoms with Crippen molar-refractivity contribution in [2.45, 2.75) is 26.4 Å². The Kier molecular flexibility index (Phi) is 9.72. The fourth-order valence-corrected chi connectivity index (χ4v) is 6.67. The van der Waals surface area contributed by atoms with E-state index >= 15 is 0 Å². The van der Waals surface area contributed by atoms with Crippen LogP contribution in [-0.4, -0.2) is 56.1 Å². The lowest BCUT2D eigenvalue weighted by Gasteiger charge is -2.38. The van der Waals surface area contributed by atoms with Crippen LogP contribution in [0.1, 0.15) is 11.1 Å². The van der Waals surface area contributed by atoms with Crippen molar-refractivity contribution in [2.24, 2.45) is 0 Å². The number of nitrogens with zero attached hydrogens (tertiary/aromatic N) is 4. The van der Waals surface area contributed by atoms with Crippen molar-refractivity contribution in [3.8, 4) is 0 Å². The molecular formula is C23H18F6N8O2S4. The number of nitrogen functional groups attached to an aromatic ring is 2. The minimum absolute atomic E-state index is 0.0171. The van der Waals surface area contributed by atoms with Gasteiger partial charge in [0.1, 0.15) is 0 Å². The number of rotatable bonds is 10. The van der Waals surface area contributed by atoms with Gasteiger partial charge in [-0.05, 0) is 35.4 Å². The van der Waals surface area contributed by atoms with Gasteiger partial charge in [-0.15, -0.1) is 20.4 Å². The van der Waals surface area contributed by atoms with E-state index in [4.69, 9.17) is 11.5 Å². The van der Waals surface area contributed by atoms with Gasteiger partial charge < -0.3 is 22.1 Å². The Bertz CT molecular complexity index is 1460. The molecule has 0 saturated heterocycles. The molecule has 228 valence electrons. The van der Waals surface area contributed by atoms with Gasteiger partial charge in [-0.2, -0.15) is 26.3 Å². The lowest BCUT2D eigenvalue weighted by Crippen LogP contribution is -2.54. The van der Waals surface area contributed by atoms with E-state index in [0.29, 0.717) is 32.9 Å². The molecule has 0 saturated carbocycles. The first-order valence-corrected chi connectivity index (χ1v) is 15.2. The van der Waals surface area contributed by atoms with Gasteiger partial charge in [-0.1, -0.05) is 70.5 Å². The molecule has 2 heterocycles. The highest BCUT2D eigenvalue weighted by Crippen LogP contribution is 2.56. The third kappa shape index (κ3) is 7.48. The highest BCUT2D eigenvalue weighted by molar-refractivity contribution is 8.02. The van der Waals surface area contributed by atoms with Gasteiger partial charge in [0.2, 0.25) is 27.5 Å². The minimum Gasteiger partial charge on any atom is -0.374 e. The summed E-state index contributed by atoms with van der Waals surface area (Å²) >= 11 is 4.10. The SMILES string of the molecule is Nc1nnc(SCC(=O)Nc2ccc(C(c3ccc(NC(=O)CSc4nnc(N)s4)cc3)(C(F)(F)F)C(F)(F)F)cc2)s1. The average Bonchev–Trinajstić information content (AvgIpc) is 3.54. The van der Waals surface area contributed by atoms with Gasteiger partial charge in [-0.25, -0.2) is 0 Å². The molecule has 0 bridgehead atoms. The van der Waals surface area contributed by atoms with E-state index in [-0.39, 0.29) is 33.1 Å². The second-order valence-electron chi connectivity index (χ2n) is 8.39. The molecule has 43 heavy (non-hydrogen) atoms. The summed E-state index contributed by atoms with van der Waals surface area (Å²) in [6.45, 7) is 0. The molecule has 0 fully saturated rings. The first-order chi connectivity index (χ1) is 20.2. The smallest absolute Gasteiger partial charge is 0.374 e. The van der Waals surface area contributed by atoms with E-state index in [9.17, 15) is 35.9 Å². The van der Waals surface area contributed by atoms with Crippen molar-refractivity contribution in [2.75, 3.05) is 33.6 Å². The second kappa shape index (κ2) is 12.9. The molecule has 20 heteroatoms. The number of nitrogens with two attached hydrogens (primary N) is 2. The van der Waals surface area contributed by atoms with E-state index < -0.39 is 40.7 Å². The van der Waals surface area contributed by atoms with Crippen LogP contribution in [-0.2, 0) is 15.0 Å². The van der Waals surface area contributed by atoms with Gasteiger partial charge in [0.15, 0.2) is 8.68 Å². The molecule has 0 atom stereocenters. The van der Waals surface area contributed by atoms with Gasteiger partial charge in [0.05, 0.1) is 11.5 Å². The van der Waals surface area contributed by atoms with Crippen LogP contribution < -0.4 is 22.1 Å². The predicted octanol–water partition coefficient (Wildman–Crippen LogP) is 5.43. The minimum atomic E-state index is -5.82. The third-order valence-electron chi connectivity index (χ3n) is 5.55. The summed E-state index contributed by atoms with van der Waals surface area (Å²) in [5, 5.41) is 19.9. The Morgan fingerprint density at radius 3 is 1.28 bits per heavy atom. The molecule has 2 aromatic heterocycles. The van der Waals surface area contributed by atoms with E-state index in [1.165, 1.54) is 0 Å². The Morgan fingerprint density at radius 2 is 1.00 bits per heavy atom. The molecule has 6 N–H and O–H groups in total. The topological polar surface area (TPSA) is 162 Å². The summed E-state index contributed by atoms with van der Waals surface area (Å²) in [4.78, 5) is 24.5. The number of nitrogens with one attached hydrogen (secondary N) is 2. The number of benzene rings is 2. The molecule has 4 rings (SSSR count). The molecule has 0 spiro atoms. The average molecular weight is 681 g/mol. The van der Waals surface area contributed by atoms with Crippen LogP contribution in [0.5, 0.6) is 0 Å². The van der Waals surface area contributed by atoms with Crippen LogP contribution in [0.15, 0.2) is 57.2 Å². The number of anilines is 4. The van der Waals surface area contributed by atoms with Crippen molar-refractivity contribution in [1.82, 2.24) is 20.4 Å². The normalized spacial score (nSPS) is 12.2. The Balaban J connectivity index is 1.52. The molecule has 10 nitrogen and oxygen atoms in total. The summed E-state index contributed by atoms with van der Waals surface area (Å²) in [6, 6.07) is 6.42. The fourth-order valence-electron chi connectivity index (χ4n) is 3.80. The quantitative estimate of drug-likeness (QED) is 0.126. The van der Waals surface area contributed by atoms with Gasteiger partial charge in [0.25, 0.3) is 0 Å². The fraction of sp³-hybridized carbons (Fsp3) is 0.217. The maximum absolute atomic E-state index is 14.5. The summed E-state index contributed by atoms with van der Waals surface area (Å²) < 4.78 is 87.7. The standard InChI is InChI=1S/C23H18F6N8O2S4/c24-22(25,26)21(23(27,28)29,11-1-5-13(6-2-11)32-15(38)9-40-19-36-34-17(30)42-19)12-3-7-14(8-4-12)33-16(39)10-41-20-37-35-18(31)43-20/h1-8H,9-10H2,(H2,30,34)(H2,31,35)(H,32,38)(H,33,39). The van der Waals surface area contributed by atoms with Crippen molar-refractivity contribution < 1.29 is 35.9 Å². The Hall–Kier alpha value is -3.62. The van der Waals surface area contributed by atoms with Crippen LogP contribution in [0.2, 0.25) is 0 Å². The number of thioether (sulfide) groups is 2. The second-order valence-corrected chi connectivity index (χ2v) is 12.8. The zero-order chi connectivity index (χ0) is 31.4. The zero-order valence-electron chi connectivity index (χ0n) is 21.2. The first-order valence-electron chi connectivity index (χ1n) is 11.6. The number of carbonyl (C=O) groups is 2. The number of hydrogen-bond acceptors (Lipinski definition) is 12. The van der Waals surface area contributed by atoms with Crippen molar-refractivity contribution in [3.63, 3.8) is 0 Å². The molecule has 0 aliphatic heterocycles.